The maximum absolute atomic E-state index is 13.3. The number of benzene rings is 1. The lowest BCUT2D eigenvalue weighted by Gasteiger charge is -2.16. The Balaban J connectivity index is 3.07. The van der Waals surface area contributed by atoms with Gasteiger partial charge in [-0.05, 0) is 17.7 Å². The van der Waals surface area contributed by atoms with Crippen molar-refractivity contribution in [3.63, 3.8) is 0 Å². The second-order valence-corrected chi connectivity index (χ2v) is 3.43. The average Bonchev–Trinajstić information content (AvgIpc) is 2.35. The van der Waals surface area contributed by atoms with E-state index in [1.807, 2.05) is 0 Å². The largest absolute Gasteiger partial charge is 0.491 e. The molecule has 0 aromatic heterocycles. The Morgan fingerprint density at radius 3 is 2.11 bits per heavy atom. The minimum absolute atomic E-state index is 0.302. The van der Waals surface area contributed by atoms with Crippen molar-refractivity contribution in [1.29, 1.82) is 0 Å². The summed E-state index contributed by atoms with van der Waals surface area (Å²) in [5, 5.41) is 18.9. The fraction of sp³-hybridized carbons (Fsp3) is 0.364. The second kappa shape index (κ2) is 5.74. The van der Waals surface area contributed by atoms with E-state index in [4.69, 9.17) is 0 Å². The van der Waals surface area contributed by atoms with Crippen molar-refractivity contribution in [1.82, 2.24) is 0 Å². The van der Waals surface area contributed by atoms with Crippen molar-refractivity contribution in [2.45, 2.75) is 12.2 Å². The van der Waals surface area contributed by atoms with Crippen LogP contribution in [0.5, 0.6) is 5.75 Å². The van der Waals surface area contributed by atoms with Crippen LogP contribution in [0.3, 0.4) is 0 Å². The van der Waals surface area contributed by atoms with Crippen molar-refractivity contribution in [2.24, 2.45) is 0 Å². The van der Waals surface area contributed by atoms with Gasteiger partial charge in [0.1, 0.15) is 6.10 Å². The molecule has 1 aromatic carbocycles. The molecule has 0 spiro atoms. The number of hydrogen-bond donors (Lipinski definition) is 2. The predicted molar refractivity (Wildman–Crippen MR) is 55.9 cm³/mol. The number of rotatable bonds is 4. The minimum Gasteiger partial charge on any atom is -0.491 e. The lowest BCUT2D eigenvalue weighted by Crippen LogP contribution is -2.29. The van der Waals surface area contributed by atoms with Crippen molar-refractivity contribution in [3.8, 4) is 5.75 Å². The highest BCUT2D eigenvalue weighted by Crippen LogP contribution is 2.27. The molecule has 0 heterocycles. The summed E-state index contributed by atoms with van der Waals surface area (Å²) < 4.78 is 35.3. The van der Waals surface area contributed by atoms with Gasteiger partial charge in [0.2, 0.25) is 0 Å². The van der Waals surface area contributed by atoms with Crippen LogP contribution in [0.25, 0.3) is 0 Å². The number of ether oxygens (including phenoxy) is 2. The van der Waals surface area contributed by atoms with Crippen molar-refractivity contribution in [2.75, 3.05) is 14.2 Å². The van der Waals surface area contributed by atoms with Crippen LogP contribution in [0.4, 0.5) is 8.78 Å². The molecule has 0 saturated carbocycles. The van der Waals surface area contributed by atoms with Gasteiger partial charge in [-0.1, -0.05) is 0 Å². The van der Waals surface area contributed by atoms with Crippen LogP contribution < -0.4 is 4.74 Å². The summed E-state index contributed by atoms with van der Waals surface area (Å²) in [6, 6.07) is 1.53. The first-order chi connectivity index (χ1) is 8.42. The van der Waals surface area contributed by atoms with Crippen LogP contribution in [0.15, 0.2) is 12.1 Å². The number of halogens is 2. The monoisotopic (exact) mass is 262 g/mol. The number of aliphatic hydroxyl groups excluding tert-OH is 2. The third kappa shape index (κ3) is 2.74. The molecular weight excluding hydrogens is 250 g/mol. The normalized spacial score (nSPS) is 13.9. The molecule has 0 aliphatic rings. The lowest BCUT2D eigenvalue weighted by atomic mass is 10.0. The van der Waals surface area contributed by atoms with E-state index < -0.39 is 35.6 Å². The third-order valence-corrected chi connectivity index (χ3v) is 2.31. The first kappa shape index (κ1) is 14.3. The SMILES string of the molecule is COC(=O)C(O)C(O)c1cc(F)c(OC)c(F)c1. The van der Waals surface area contributed by atoms with E-state index in [9.17, 15) is 23.8 Å². The zero-order chi connectivity index (χ0) is 13.9. The maximum atomic E-state index is 13.3. The van der Waals surface area contributed by atoms with E-state index in [-0.39, 0.29) is 5.56 Å². The summed E-state index contributed by atoms with van der Waals surface area (Å²) in [7, 11) is 2.09. The molecular formula is C11H12F2O5. The Hall–Kier alpha value is -1.73. The Labute approximate surface area is 102 Å². The van der Waals surface area contributed by atoms with Gasteiger partial charge < -0.3 is 19.7 Å². The number of methoxy groups -OCH3 is 2. The number of esters is 1. The molecule has 0 bridgehead atoms. The maximum Gasteiger partial charge on any atom is 0.337 e. The smallest absolute Gasteiger partial charge is 0.337 e. The van der Waals surface area contributed by atoms with Crippen LogP contribution in [0, 0.1) is 11.6 Å². The Morgan fingerprint density at radius 1 is 1.22 bits per heavy atom. The summed E-state index contributed by atoms with van der Waals surface area (Å²) in [4.78, 5) is 11.0. The van der Waals surface area contributed by atoms with Gasteiger partial charge in [-0.25, -0.2) is 13.6 Å². The average molecular weight is 262 g/mol. The van der Waals surface area contributed by atoms with Gasteiger partial charge in [0.25, 0.3) is 0 Å². The first-order valence-electron chi connectivity index (χ1n) is 4.89. The van der Waals surface area contributed by atoms with E-state index >= 15 is 0 Å². The van der Waals surface area contributed by atoms with Gasteiger partial charge in [-0.3, -0.25) is 0 Å². The molecule has 2 atom stereocenters. The molecule has 0 aliphatic carbocycles. The summed E-state index contributed by atoms with van der Waals surface area (Å²) >= 11 is 0. The van der Waals surface area contributed by atoms with Crippen LogP contribution in [0.1, 0.15) is 11.7 Å². The Morgan fingerprint density at radius 2 is 1.72 bits per heavy atom. The van der Waals surface area contributed by atoms with Gasteiger partial charge in [0.05, 0.1) is 14.2 Å². The number of carbonyl (C=O) groups excluding carboxylic acids is 1. The molecule has 5 nitrogen and oxygen atoms in total. The topological polar surface area (TPSA) is 76.0 Å². The van der Waals surface area contributed by atoms with E-state index in [0.29, 0.717) is 0 Å². The van der Waals surface area contributed by atoms with E-state index in [1.165, 1.54) is 0 Å². The van der Waals surface area contributed by atoms with Gasteiger partial charge >= 0.3 is 5.97 Å². The van der Waals surface area contributed by atoms with Crippen LogP contribution in [-0.4, -0.2) is 36.5 Å². The highest BCUT2D eigenvalue weighted by Gasteiger charge is 2.28. The number of aliphatic hydroxyl groups is 2. The van der Waals surface area contributed by atoms with E-state index in [1.54, 1.807) is 0 Å². The van der Waals surface area contributed by atoms with Gasteiger partial charge in [0.15, 0.2) is 23.5 Å². The number of carbonyl (C=O) groups is 1. The Bertz CT molecular complexity index is 426. The first-order valence-corrected chi connectivity index (χ1v) is 4.89. The minimum atomic E-state index is -1.93. The van der Waals surface area contributed by atoms with Crippen LogP contribution in [0.2, 0.25) is 0 Å². The molecule has 100 valence electrons. The molecule has 2 unspecified atom stereocenters. The molecule has 18 heavy (non-hydrogen) atoms. The van der Waals surface area contributed by atoms with Gasteiger partial charge in [-0.2, -0.15) is 0 Å². The fourth-order valence-corrected chi connectivity index (χ4v) is 1.38. The standard InChI is InChI=1S/C11H12F2O5/c1-17-10-6(12)3-5(4-7(10)13)8(14)9(15)11(16)18-2/h3-4,8-9,14-15H,1-2H3. The molecule has 0 radical (unpaired) electrons. The summed E-state index contributed by atoms with van der Waals surface area (Å²) in [6.07, 6.45) is -3.73. The molecule has 1 rings (SSSR count). The number of hydrogen-bond acceptors (Lipinski definition) is 5. The van der Waals surface area contributed by atoms with Gasteiger partial charge in [-0.15, -0.1) is 0 Å². The zero-order valence-corrected chi connectivity index (χ0v) is 9.68. The summed E-state index contributed by atoms with van der Waals surface area (Å²) in [5.74, 6) is -3.83. The van der Waals surface area contributed by atoms with E-state index in [0.717, 1.165) is 26.4 Å². The summed E-state index contributed by atoms with van der Waals surface area (Å²) in [5.41, 5.74) is -0.302. The van der Waals surface area contributed by atoms with Gasteiger partial charge in [0, 0.05) is 0 Å². The second-order valence-electron chi connectivity index (χ2n) is 3.43. The third-order valence-electron chi connectivity index (χ3n) is 2.31. The molecule has 0 aliphatic heterocycles. The van der Waals surface area contributed by atoms with E-state index in [2.05, 4.69) is 9.47 Å². The predicted octanol–water partition coefficient (Wildman–Crippen LogP) is 0.541. The zero-order valence-electron chi connectivity index (χ0n) is 9.68. The molecule has 0 amide bonds. The van der Waals surface area contributed by atoms with Crippen molar-refractivity contribution < 1.29 is 33.3 Å². The van der Waals surface area contributed by atoms with Crippen molar-refractivity contribution >= 4 is 5.97 Å². The molecule has 2 N–H and O–H groups in total. The summed E-state index contributed by atoms with van der Waals surface area (Å²) in [6.45, 7) is 0. The molecule has 0 saturated heterocycles. The van der Waals surface area contributed by atoms with Crippen LogP contribution >= 0.6 is 0 Å². The molecule has 1 aromatic rings. The Kier molecular flexibility index (Phi) is 4.57. The van der Waals surface area contributed by atoms with Crippen LogP contribution in [-0.2, 0) is 9.53 Å². The lowest BCUT2D eigenvalue weighted by molar-refractivity contribution is -0.156. The molecule has 7 heteroatoms. The quantitative estimate of drug-likeness (QED) is 0.774. The fourth-order valence-electron chi connectivity index (χ4n) is 1.38. The highest BCUT2D eigenvalue weighted by atomic mass is 19.1. The highest BCUT2D eigenvalue weighted by molar-refractivity contribution is 5.75. The van der Waals surface area contributed by atoms with Crippen molar-refractivity contribution in [3.05, 3.63) is 29.3 Å². The molecule has 0 fully saturated rings.